The number of nitrogens with zero attached hydrogens (tertiary/aromatic N) is 2. The maximum Gasteiger partial charge on any atom is 0.304 e. The second-order valence-corrected chi connectivity index (χ2v) is 12.7. The Labute approximate surface area is 144 Å². The van der Waals surface area contributed by atoms with E-state index in [-0.39, 0.29) is 0 Å². The van der Waals surface area contributed by atoms with E-state index in [0.29, 0.717) is 12.7 Å². The molecule has 0 radical (unpaired) electrons. The second-order valence-electron chi connectivity index (χ2n) is 7.07. The molecule has 0 amide bonds. The van der Waals surface area contributed by atoms with Gasteiger partial charge in [-0.1, -0.05) is 50.0 Å². The fourth-order valence-electron chi connectivity index (χ4n) is 2.38. The minimum atomic E-state index is -1.09. The van der Waals surface area contributed by atoms with Crippen molar-refractivity contribution in [3.05, 3.63) is 54.6 Å². The summed E-state index contributed by atoms with van der Waals surface area (Å²) < 4.78 is 13.9. The molecule has 0 atom stereocenters. The minimum Gasteiger partial charge on any atom is -0.425 e. The summed E-state index contributed by atoms with van der Waals surface area (Å²) in [6, 6.07) is 19.5. The van der Waals surface area contributed by atoms with Gasteiger partial charge in [0, 0.05) is 14.7 Å². The molecule has 0 spiro atoms. The number of para-hydroxylation sites is 3. The summed E-state index contributed by atoms with van der Waals surface area (Å²) in [6.07, 6.45) is 0. The Hall–Kier alpha value is -2.11. The van der Waals surface area contributed by atoms with Crippen molar-refractivity contribution in [1.82, 2.24) is 9.55 Å². The fourth-order valence-corrected chi connectivity index (χ4v) is 3.14. The van der Waals surface area contributed by atoms with Gasteiger partial charge in [0.2, 0.25) is 0 Å². The molecule has 1 heterocycles. The molecule has 1 aromatic heterocycles. The van der Waals surface area contributed by atoms with Crippen LogP contribution in [0.2, 0.25) is 25.7 Å². The van der Waals surface area contributed by atoms with Crippen LogP contribution in [0.5, 0.6) is 11.8 Å². The summed E-state index contributed by atoms with van der Waals surface area (Å²) in [7, 11) is -1.09. The van der Waals surface area contributed by atoms with Crippen LogP contribution in [0, 0.1) is 0 Å². The number of rotatable bonds is 7. The van der Waals surface area contributed by atoms with Gasteiger partial charge in [-0.05, 0) is 30.3 Å². The van der Waals surface area contributed by atoms with Gasteiger partial charge in [-0.15, -0.1) is 0 Å². The van der Waals surface area contributed by atoms with Crippen molar-refractivity contribution in [2.75, 3.05) is 6.61 Å². The number of fused-ring (bicyclic) bond motifs is 1. The van der Waals surface area contributed by atoms with Crippen LogP contribution in [0.4, 0.5) is 0 Å². The first-order valence-corrected chi connectivity index (χ1v) is 12.0. The maximum absolute atomic E-state index is 5.97. The lowest BCUT2D eigenvalue weighted by Gasteiger charge is -2.16. The number of ether oxygens (including phenoxy) is 2. The SMILES string of the molecule is C[Si](C)(C)CCOCn1c(Oc2ccccc2)nc2ccccc21. The highest BCUT2D eigenvalue weighted by Crippen LogP contribution is 2.26. The zero-order valence-corrected chi connectivity index (χ0v) is 15.5. The monoisotopic (exact) mass is 340 g/mol. The van der Waals surface area contributed by atoms with Crippen LogP contribution in [-0.4, -0.2) is 24.2 Å². The number of aromatic nitrogens is 2. The van der Waals surface area contributed by atoms with Gasteiger partial charge in [0.1, 0.15) is 12.5 Å². The fraction of sp³-hybridized carbons (Fsp3) is 0.316. The second kappa shape index (κ2) is 7.19. The molecule has 0 fully saturated rings. The highest BCUT2D eigenvalue weighted by molar-refractivity contribution is 6.76. The topological polar surface area (TPSA) is 36.3 Å². The quantitative estimate of drug-likeness (QED) is 0.441. The van der Waals surface area contributed by atoms with Crippen molar-refractivity contribution >= 4 is 19.1 Å². The van der Waals surface area contributed by atoms with Gasteiger partial charge in [-0.25, -0.2) is 0 Å². The highest BCUT2D eigenvalue weighted by atomic mass is 28.3. The van der Waals surface area contributed by atoms with Gasteiger partial charge >= 0.3 is 6.01 Å². The number of hydrogen-bond donors (Lipinski definition) is 0. The van der Waals surface area contributed by atoms with E-state index in [1.807, 2.05) is 59.2 Å². The van der Waals surface area contributed by atoms with Crippen LogP contribution in [-0.2, 0) is 11.5 Å². The lowest BCUT2D eigenvalue weighted by Crippen LogP contribution is -2.22. The Morgan fingerprint density at radius 2 is 1.67 bits per heavy atom. The van der Waals surface area contributed by atoms with E-state index in [9.17, 15) is 0 Å². The van der Waals surface area contributed by atoms with E-state index in [1.54, 1.807) is 0 Å². The summed E-state index contributed by atoms with van der Waals surface area (Å²) in [4.78, 5) is 4.60. The lowest BCUT2D eigenvalue weighted by atomic mass is 10.3. The van der Waals surface area contributed by atoms with Crippen LogP contribution in [0.3, 0.4) is 0 Å². The van der Waals surface area contributed by atoms with E-state index >= 15 is 0 Å². The zero-order chi connectivity index (χ0) is 17.0. The first kappa shape index (κ1) is 16.7. The van der Waals surface area contributed by atoms with Crippen LogP contribution in [0.25, 0.3) is 11.0 Å². The standard InChI is InChI=1S/C19H24N2O2Si/c1-24(2,3)14-13-22-15-21-18-12-8-7-11-17(18)20-19(21)23-16-9-5-4-6-10-16/h4-12H,13-15H2,1-3H3. The van der Waals surface area contributed by atoms with Gasteiger partial charge in [-0.3, -0.25) is 4.57 Å². The molecule has 2 aromatic carbocycles. The minimum absolute atomic E-state index is 0.452. The molecule has 0 aliphatic heterocycles. The summed E-state index contributed by atoms with van der Waals surface area (Å²) in [5.41, 5.74) is 1.94. The summed E-state index contributed by atoms with van der Waals surface area (Å²) in [5.74, 6) is 0.774. The predicted octanol–water partition coefficient (Wildman–Crippen LogP) is 5.14. The van der Waals surface area contributed by atoms with Crippen LogP contribution in [0.15, 0.2) is 54.6 Å². The Morgan fingerprint density at radius 1 is 0.958 bits per heavy atom. The van der Waals surface area contributed by atoms with Gasteiger partial charge in [0.05, 0.1) is 11.0 Å². The Bertz CT molecular complexity index is 794. The molecular formula is C19H24N2O2Si. The predicted molar refractivity (Wildman–Crippen MR) is 100 cm³/mol. The molecule has 126 valence electrons. The molecule has 0 unspecified atom stereocenters. The van der Waals surface area contributed by atoms with E-state index in [2.05, 4.69) is 24.6 Å². The molecule has 5 heteroatoms. The Morgan fingerprint density at radius 3 is 2.42 bits per heavy atom. The number of imidazole rings is 1. The normalized spacial score (nSPS) is 11.8. The van der Waals surface area contributed by atoms with Gasteiger partial charge < -0.3 is 9.47 Å². The number of hydrogen-bond acceptors (Lipinski definition) is 3. The molecule has 0 N–H and O–H groups in total. The van der Waals surface area contributed by atoms with Crippen LogP contribution in [0.1, 0.15) is 0 Å². The van der Waals surface area contributed by atoms with Crippen molar-refractivity contribution in [3.63, 3.8) is 0 Å². The zero-order valence-electron chi connectivity index (χ0n) is 14.5. The maximum atomic E-state index is 5.97. The molecule has 0 bridgehead atoms. The molecule has 0 aliphatic carbocycles. The molecule has 0 saturated carbocycles. The van der Waals surface area contributed by atoms with Crippen molar-refractivity contribution < 1.29 is 9.47 Å². The van der Waals surface area contributed by atoms with Crippen molar-refractivity contribution in [3.8, 4) is 11.8 Å². The molecule has 3 aromatic rings. The van der Waals surface area contributed by atoms with Crippen LogP contribution < -0.4 is 4.74 Å². The van der Waals surface area contributed by atoms with E-state index < -0.39 is 8.07 Å². The van der Waals surface area contributed by atoms with Gasteiger partial charge in [0.25, 0.3) is 0 Å². The molecule has 0 aliphatic rings. The van der Waals surface area contributed by atoms with Crippen molar-refractivity contribution in [2.24, 2.45) is 0 Å². The van der Waals surface area contributed by atoms with Crippen LogP contribution >= 0.6 is 0 Å². The summed E-state index contributed by atoms with van der Waals surface area (Å²) in [6.45, 7) is 8.28. The summed E-state index contributed by atoms with van der Waals surface area (Å²) in [5, 5.41) is 0. The average Bonchev–Trinajstić information content (AvgIpc) is 2.89. The first-order chi connectivity index (χ1) is 11.5. The molecular weight excluding hydrogens is 316 g/mol. The highest BCUT2D eigenvalue weighted by Gasteiger charge is 2.15. The lowest BCUT2D eigenvalue weighted by molar-refractivity contribution is 0.0850. The molecule has 4 nitrogen and oxygen atoms in total. The van der Waals surface area contributed by atoms with Crippen molar-refractivity contribution in [2.45, 2.75) is 32.4 Å². The smallest absolute Gasteiger partial charge is 0.304 e. The van der Waals surface area contributed by atoms with E-state index in [1.165, 1.54) is 0 Å². The summed E-state index contributed by atoms with van der Waals surface area (Å²) >= 11 is 0. The molecule has 0 saturated heterocycles. The van der Waals surface area contributed by atoms with Gasteiger partial charge in [-0.2, -0.15) is 4.98 Å². The Kier molecular flexibility index (Phi) is 5.02. The largest absolute Gasteiger partial charge is 0.425 e. The van der Waals surface area contributed by atoms with E-state index in [4.69, 9.17) is 9.47 Å². The molecule has 24 heavy (non-hydrogen) atoms. The van der Waals surface area contributed by atoms with E-state index in [0.717, 1.165) is 29.4 Å². The van der Waals surface area contributed by atoms with Gasteiger partial charge in [0.15, 0.2) is 0 Å². The third-order valence-corrected chi connectivity index (χ3v) is 5.49. The molecule has 3 rings (SSSR count). The number of benzene rings is 2. The Balaban J connectivity index is 1.80. The van der Waals surface area contributed by atoms with Crippen molar-refractivity contribution in [1.29, 1.82) is 0 Å². The third-order valence-electron chi connectivity index (χ3n) is 3.79. The average molecular weight is 340 g/mol. The first-order valence-electron chi connectivity index (χ1n) is 8.29. The third kappa shape index (κ3) is 4.24.